The van der Waals surface area contributed by atoms with Crippen molar-refractivity contribution in [3.63, 3.8) is 0 Å². The fourth-order valence-corrected chi connectivity index (χ4v) is 1.88. The normalized spacial score (nSPS) is 12.1. The summed E-state index contributed by atoms with van der Waals surface area (Å²) in [4.78, 5) is 17.6. The van der Waals surface area contributed by atoms with Gasteiger partial charge >= 0.3 is 0 Å². The van der Waals surface area contributed by atoms with Gasteiger partial charge in [-0.2, -0.15) is 0 Å². The van der Waals surface area contributed by atoms with Crippen molar-refractivity contribution in [3.8, 4) is 0 Å². The zero-order valence-electron chi connectivity index (χ0n) is 15.4. The van der Waals surface area contributed by atoms with Gasteiger partial charge in [-0.25, -0.2) is 4.99 Å². The minimum Gasteiger partial charge on any atom is -0.356 e. The first-order chi connectivity index (χ1) is 10.4. The topological polar surface area (TPSA) is 56.7 Å². The maximum absolute atomic E-state index is 11.7. The van der Waals surface area contributed by atoms with E-state index in [4.69, 9.17) is 0 Å². The Morgan fingerprint density at radius 1 is 1.26 bits per heavy atom. The lowest BCUT2D eigenvalue weighted by atomic mass is 9.99. The molecule has 0 aliphatic rings. The summed E-state index contributed by atoms with van der Waals surface area (Å²) < 4.78 is 0. The molecule has 1 amide bonds. The van der Waals surface area contributed by atoms with E-state index < -0.39 is 0 Å². The third-order valence-electron chi connectivity index (χ3n) is 3.53. The van der Waals surface area contributed by atoms with Gasteiger partial charge in [-0.3, -0.25) is 4.79 Å². The van der Waals surface area contributed by atoms with Crippen LogP contribution in [-0.4, -0.2) is 50.5 Å². The maximum atomic E-state index is 11.7. The van der Waals surface area contributed by atoms with Crippen molar-refractivity contribution < 1.29 is 4.79 Å². The highest BCUT2D eigenvalue weighted by atomic mass is 127. The summed E-state index contributed by atoms with van der Waals surface area (Å²) in [6.45, 7) is 12.0. The van der Waals surface area contributed by atoms with Gasteiger partial charge in [0, 0.05) is 27.2 Å². The summed E-state index contributed by atoms with van der Waals surface area (Å²) in [6, 6.07) is 0. The highest BCUT2D eigenvalue weighted by molar-refractivity contribution is 14.0. The number of aliphatic imine (C=N–C) groups is 1. The van der Waals surface area contributed by atoms with Crippen molar-refractivity contribution in [3.05, 3.63) is 12.2 Å². The SMILES string of the molecule is C=C(C)CNC(=NCC(=O)N(C)C)NCC(CC)CCCC.I. The number of carbonyl (C=O) groups excluding carboxylic acids is 1. The lowest BCUT2D eigenvalue weighted by molar-refractivity contribution is -0.127. The highest BCUT2D eigenvalue weighted by Gasteiger charge is 2.08. The minimum atomic E-state index is -0.00514. The van der Waals surface area contributed by atoms with Crippen LogP contribution in [0.25, 0.3) is 0 Å². The number of carbonyl (C=O) groups is 1. The Morgan fingerprint density at radius 2 is 1.91 bits per heavy atom. The number of amides is 1. The van der Waals surface area contributed by atoms with Crippen molar-refractivity contribution in [1.29, 1.82) is 0 Å². The summed E-state index contributed by atoms with van der Waals surface area (Å²) in [5.74, 6) is 1.32. The van der Waals surface area contributed by atoms with E-state index in [9.17, 15) is 4.79 Å². The van der Waals surface area contributed by atoms with Crippen LogP contribution >= 0.6 is 24.0 Å². The molecule has 0 aliphatic heterocycles. The number of nitrogens with zero attached hydrogens (tertiary/aromatic N) is 2. The zero-order chi connectivity index (χ0) is 17.0. The molecule has 6 heteroatoms. The molecule has 0 saturated carbocycles. The molecule has 5 nitrogen and oxygen atoms in total. The van der Waals surface area contributed by atoms with Gasteiger partial charge < -0.3 is 15.5 Å². The summed E-state index contributed by atoms with van der Waals surface area (Å²) in [7, 11) is 3.48. The second-order valence-corrected chi connectivity index (χ2v) is 6.06. The molecule has 1 atom stereocenters. The van der Waals surface area contributed by atoms with E-state index in [1.165, 1.54) is 19.3 Å². The first-order valence-corrected chi connectivity index (χ1v) is 8.27. The number of nitrogens with one attached hydrogen (secondary N) is 2. The number of halogens is 1. The fraction of sp³-hybridized carbons (Fsp3) is 0.765. The van der Waals surface area contributed by atoms with Crippen LogP contribution in [-0.2, 0) is 4.79 Å². The van der Waals surface area contributed by atoms with Crippen molar-refractivity contribution in [2.45, 2.75) is 46.5 Å². The Kier molecular flexibility index (Phi) is 15.7. The van der Waals surface area contributed by atoms with Crippen LogP contribution in [0.2, 0.25) is 0 Å². The Morgan fingerprint density at radius 3 is 2.39 bits per heavy atom. The molecule has 136 valence electrons. The Hall–Kier alpha value is -0.790. The molecule has 0 aromatic heterocycles. The maximum Gasteiger partial charge on any atom is 0.243 e. The number of likely N-dealkylation sites (N-methyl/N-ethyl adjacent to an activating group) is 1. The average molecular weight is 438 g/mol. The average Bonchev–Trinajstić information content (AvgIpc) is 2.48. The standard InChI is InChI=1S/C17H34N4O.HI/c1-7-9-10-15(8-2)12-19-17(18-11-14(3)4)20-13-16(22)21(5)6;/h15H,3,7-13H2,1-2,4-6H3,(H2,18,19,20);1H. The van der Waals surface area contributed by atoms with Gasteiger partial charge in [0.1, 0.15) is 6.54 Å². The largest absolute Gasteiger partial charge is 0.356 e. The molecule has 2 N–H and O–H groups in total. The number of unbranched alkanes of at least 4 members (excludes halogenated alkanes) is 1. The monoisotopic (exact) mass is 438 g/mol. The van der Waals surface area contributed by atoms with Crippen LogP contribution in [0, 0.1) is 5.92 Å². The quantitative estimate of drug-likeness (QED) is 0.239. The lowest BCUT2D eigenvalue weighted by Gasteiger charge is -2.18. The van der Waals surface area contributed by atoms with E-state index >= 15 is 0 Å². The van der Waals surface area contributed by atoms with Crippen LogP contribution in [0.4, 0.5) is 0 Å². The predicted octanol–water partition coefficient (Wildman–Crippen LogP) is 3.02. The van der Waals surface area contributed by atoms with E-state index in [1.54, 1.807) is 19.0 Å². The lowest BCUT2D eigenvalue weighted by Crippen LogP contribution is -2.41. The van der Waals surface area contributed by atoms with Gasteiger partial charge in [-0.15, -0.1) is 24.0 Å². The van der Waals surface area contributed by atoms with E-state index in [0.29, 0.717) is 18.4 Å². The molecule has 0 saturated heterocycles. The third-order valence-corrected chi connectivity index (χ3v) is 3.53. The van der Waals surface area contributed by atoms with Crippen LogP contribution in [0.5, 0.6) is 0 Å². The Bertz CT molecular complexity index is 370. The van der Waals surface area contributed by atoms with Crippen LogP contribution in [0.15, 0.2) is 17.1 Å². The molecule has 0 aliphatic carbocycles. The molecule has 0 rings (SSSR count). The van der Waals surface area contributed by atoms with E-state index in [-0.39, 0.29) is 36.4 Å². The van der Waals surface area contributed by atoms with Crippen molar-refractivity contribution in [1.82, 2.24) is 15.5 Å². The first-order valence-electron chi connectivity index (χ1n) is 8.27. The molecule has 0 radical (unpaired) electrons. The fourth-order valence-electron chi connectivity index (χ4n) is 1.88. The minimum absolute atomic E-state index is 0. The number of hydrogen-bond donors (Lipinski definition) is 2. The molecule has 0 bridgehead atoms. The molecule has 0 fully saturated rings. The van der Waals surface area contributed by atoms with Gasteiger partial charge in [-0.1, -0.05) is 45.3 Å². The van der Waals surface area contributed by atoms with Crippen molar-refractivity contribution in [2.75, 3.05) is 33.7 Å². The van der Waals surface area contributed by atoms with Gasteiger partial charge in [0.25, 0.3) is 0 Å². The summed E-state index contributed by atoms with van der Waals surface area (Å²) in [5.41, 5.74) is 1.03. The molecule has 0 spiro atoms. The molecule has 23 heavy (non-hydrogen) atoms. The summed E-state index contributed by atoms with van der Waals surface area (Å²) in [5, 5.41) is 6.57. The predicted molar refractivity (Wildman–Crippen MR) is 111 cm³/mol. The molecule has 1 unspecified atom stereocenters. The van der Waals surface area contributed by atoms with Gasteiger partial charge in [0.15, 0.2) is 5.96 Å². The van der Waals surface area contributed by atoms with E-state index in [2.05, 4.69) is 36.1 Å². The zero-order valence-corrected chi connectivity index (χ0v) is 17.8. The van der Waals surface area contributed by atoms with Crippen LogP contribution in [0.1, 0.15) is 46.5 Å². The van der Waals surface area contributed by atoms with E-state index in [1.807, 2.05) is 6.92 Å². The van der Waals surface area contributed by atoms with Crippen LogP contribution < -0.4 is 10.6 Å². The van der Waals surface area contributed by atoms with Crippen molar-refractivity contribution >= 4 is 35.8 Å². The number of hydrogen-bond acceptors (Lipinski definition) is 2. The first kappa shape index (κ1) is 24.5. The number of rotatable bonds is 10. The second-order valence-electron chi connectivity index (χ2n) is 6.06. The molecular weight excluding hydrogens is 403 g/mol. The third kappa shape index (κ3) is 13.4. The van der Waals surface area contributed by atoms with Crippen molar-refractivity contribution in [2.24, 2.45) is 10.9 Å². The molecule has 0 aromatic carbocycles. The summed E-state index contributed by atoms with van der Waals surface area (Å²) >= 11 is 0. The van der Waals surface area contributed by atoms with Gasteiger partial charge in [0.2, 0.25) is 5.91 Å². The van der Waals surface area contributed by atoms with Crippen LogP contribution in [0.3, 0.4) is 0 Å². The Labute approximate surface area is 159 Å². The van der Waals surface area contributed by atoms with E-state index in [0.717, 1.165) is 18.5 Å². The highest BCUT2D eigenvalue weighted by Crippen LogP contribution is 2.11. The molecule has 0 aromatic rings. The number of guanidine groups is 1. The molecular formula is C17H35IN4O. The molecule has 0 heterocycles. The second kappa shape index (κ2) is 14.8. The van der Waals surface area contributed by atoms with Gasteiger partial charge in [-0.05, 0) is 19.3 Å². The van der Waals surface area contributed by atoms with Gasteiger partial charge in [0.05, 0.1) is 0 Å². The smallest absolute Gasteiger partial charge is 0.243 e. The Balaban J connectivity index is 0. The summed E-state index contributed by atoms with van der Waals surface area (Å²) in [6.07, 6.45) is 4.86.